The summed E-state index contributed by atoms with van der Waals surface area (Å²) in [6, 6.07) is 0.975. The fourth-order valence-electron chi connectivity index (χ4n) is 4.14. The summed E-state index contributed by atoms with van der Waals surface area (Å²) < 4.78 is 8.21. The number of esters is 1. The van der Waals surface area contributed by atoms with Crippen molar-refractivity contribution in [3.8, 4) is 6.07 Å². The number of nitriles is 1. The Balaban J connectivity index is 2.30. The predicted octanol–water partition coefficient (Wildman–Crippen LogP) is 3.14. The van der Waals surface area contributed by atoms with Gasteiger partial charge in [0.15, 0.2) is 0 Å². The third-order valence-electron chi connectivity index (χ3n) is 5.33. The summed E-state index contributed by atoms with van der Waals surface area (Å²) >= 11 is 16.7. The molecular weight excluding hydrogens is 435 g/mol. The number of rotatable bonds is 4. The molecule has 0 aromatic heterocycles. The molecule has 2 fully saturated rings. The van der Waals surface area contributed by atoms with E-state index in [0.717, 1.165) is 4.90 Å². The molecule has 2 aliphatic rings. The van der Waals surface area contributed by atoms with Gasteiger partial charge in [-0.25, -0.2) is 9.59 Å². The van der Waals surface area contributed by atoms with Crippen LogP contribution in [-0.4, -0.2) is 57.6 Å². The van der Waals surface area contributed by atoms with Gasteiger partial charge >= 0.3 is 18.0 Å². The Morgan fingerprint density at radius 3 is 2.54 bits per heavy atom. The molecule has 0 aromatic carbocycles. The molecule has 1 saturated carbocycles. The van der Waals surface area contributed by atoms with E-state index in [-0.39, 0.29) is 19.6 Å². The topological polar surface area (TPSA) is 117 Å². The minimum Gasteiger partial charge on any atom is -0.480 e. The van der Waals surface area contributed by atoms with Crippen LogP contribution < -0.4 is 0 Å². The van der Waals surface area contributed by atoms with Crippen molar-refractivity contribution in [3.63, 3.8) is 0 Å². The van der Waals surface area contributed by atoms with E-state index in [4.69, 9.17) is 44.3 Å². The van der Waals surface area contributed by atoms with E-state index in [1.54, 1.807) is 6.92 Å². The van der Waals surface area contributed by atoms with Gasteiger partial charge in [-0.3, -0.25) is 9.69 Å². The largest absolute Gasteiger partial charge is 0.480 e. The number of alkyl halides is 3. The average molecular weight is 456 g/mol. The van der Waals surface area contributed by atoms with Crippen molar-refractivity contribution >= 4 is 52.8 Å². The molecule has 8 nitrogen and oxygen atoms in total. The van der Waals surface area contributed by atoms with Gasteiger partial charge < -0.3 is 14.6 Å². The number of carbonyl (C=O) groups is 3. The lowest BCUT2D eigenvalue weighted by Gasteiger charge is -2.51. The molecule has 11 heteroatoms. The lowest BCUT2D eigenvalue weighted by atomic mass is 9.58. The van der Waals surface area contributed by atoms with E-state index in [0.29, 0.717) is 19.3 Å². The van der Waals surface area contributed by atoms with Crippen LogP contribution in [0, 0.1) is 28.6 Å². The summed E-state index contributed by atoms with van der Waals surface area (Å²) in [6.45, 7) is 1.13. The highest BCUT2D eigenvalue weighted by molar-refractivity contribution is 6.67. The summed E-state index contributed by atoms with van der Waals surface area (Å²) in [4.78, 5) is 37.7. The van der Waals surface area contributed by atoms with E-state index in [9.17, 15) is 24.8 Å². The fourth-order valence-corrected chi connectivity index (χ4v) is 4.30. The Bertz CT molecular complexity index is 677. The number of halogens is 3. The Kier molecular flexibility index (Phi) is 7.29. The van der Waals surface area contributed by atoms with Gasteiger partial charge in [0.25, 0.3) is 0 Å². The normalized spacial score (nSPS) is 30.0. The number of likely N-dealkylation sites (tertiary alicyclic amines) is 1. The van der Waals surface area contributed by atoms with E-state index >= 15 is 0 Å². The van der Waals surface area contributed by atoms with Crippen LogP contribution in [-0.2, 0) is 19.1 Å². The van der Waals surface area contributed by atoms with Gasteiger partial charge in [0.1, 0.15) is 12.6 Å². The molecule has 156 valence electrons. The Morgan fingerprint density at radius 2 is 2.00 bits per heavy atom. The quantitative estimate of drug-likeness (QED) is 0.511. The van der Waals surface area contributed by atoms with Gasteiger partial charge in [-0.2, -0.15) is 5.26 Å². The lowest BCUT2D eigenvalue weighted by molar-refractivity contribution is -0.161. The van der Waals surface area contributed by atoms with Crippen LogP contribution in [0.15, 0.2) is 0 Å². The van der Waals surface area contributed by atoms with Crippen LogP contribution in [0.1, 0.15) is 32.6 Å². The zero-order valence-electron chi connectivity index (χ0n) is 15.2. The number of aliphatic carboxylic acids is 1. The number of ether oxygens (including phenoxy) is 2. The van der Waals surface area contributed by atoms with Crippen molar-refractivity contribution in [2.45, 2.75) is 42.4 Å². The summed E-state index contributed by atoms with van der Waals surface area (Å²) in [7, 11) is 0. The SMILES string of the molecule is CCOC(=O)[C@@H]1CCC[C@]2(C#N)CN(C(=O)OCC(Cl)(Cl)Cl)[C@@H](C(=O)O)C[C@@H]12. The molecule has 1 aliphatic carbocycles. The monoisotopic (exact) mass is 454 g/mol. The highest BCUT2D eigenvalue weighted by Gasteiger charge is 2.56. The number of carboxylic acid groups (broad SMARTS) is 1. The van der Waals surface area contributed by atoms with Crippen LogP contribution in [0.25, 0.3) is 0 Å². The van der Waals surface area contributed by atoms with E-state index in [1.807, 2.05) is 0 Å². The standard InChI is InChI=1S/C17H21Cl3N2O6/c1-2-27-14(25)10-4-3-5-16(7-21)8-22(12(13(23)24)6-11(10)16)15(26)28-9-17(18,19)20/h10-12H,2-6,8-9H2,1H3,(H,23,24)/t10-,11+,12-,16+/m1/s1. The molecule has 0 unspecified atom stereocenters. The highest BCUT2D eigenvalue weighted by atomic mass is 35.6. The fraction of sp³-hybridized carbons (Fsp3) is 0.765. The molecule has 4 atom stereocenters. The molecule has 28 heavy (non-hydrogen) atoms. The van der Waals surface area contributed by atoms with Crippen molar-refractivity contribution in [1.29, 1.82) is 5.26 Å². The molecule has 1 N–H and O–H groups in total. The molecule has 1 aliphatic heterocycles. The van der Waals surface area contributed by atoms with Crippen molar-refractivity contribution in [2.75, 3.05) is 19.8 Å². The number of hydrogen-bond donors (Lipinski definition) is 1. The van der Waals surface area contributed by atoms with Crippen molar-refractivity contribution in [3.05, 3.63) is 0 Å². The van der Waals surface area contributed by atoms with Crippen LogP contribution in [0.3, 0.4) is 0 Å². The maximum Gasteiger partial charge on any atom is 0.410 e. The maximum absolute atomic E-state index is 12.5. The van der Waals surface area contributed by atoms with Crippen molar-refractivity contribution in [2.24, 2.45) is 17.3 Å². The molecule has 0 radical (unpaired) electrons. The van der Waals surface area contributed by atoms with E-state index < -0.39 is 51.7 Å². The average Bonchev–Trinajstić information content (AvgIpc) is 2.63. The predicted molar refractivity (Wildman–Crippen MR) is 99.9 cm³/mol. The molecule has 0 aromatic rings. The van der Waals surface area contributed by atoms with E-state index in [2.05, 4.69) is 6.07 Å². The second-order valence-electron chi connectivity index (χ2n) is 7.01. The minimum absolute atomic E-state index is 0.0603. The maximum atomic E-state index is 12.5. The van der Waals surface area contributed by atoms with Crippen molar-refractivity contribution in [1.82, 2.24) is 4.90 Å². The first-order valence-electron chi connectivity index (χ1n) is 8.85. The number of carboxylic acids is 1. The number of amides is 1. The molecule has 1 heterocycles. The Morgan fingerprint density at radius 1 is 1.32 bits per heavy atom. The lowest BCUT2D eigenvalue weighted by Crippen LogP contribution is -2.61. The molecular formula is C17H21Cl3N2O6. The number of nitrogens with zero attached hydrogens (tertiary/aromatic N) is 2. The number of hydrogen-bond acceptors (Lipinski definition) is 6. The Hall–Kier alpha value is -1.43. The highest BCUT2D eigenvalue weighted by Crippen LogP contribution is 2.51. The van der Waals surface area contributed by atoms with Gasteiger partial charge in [0, 0.05) is 6.54 Å². The number of fused-ring (bicyclic) bond motifs is 1. The van der Waals surface area contributed by atoms with Crippen LogP contribution in [0.2, 0.25) is 0 Å². The summed E-state index contributed by atoms with van der Waals surface area (Å²) in [5.74, 6) is -2.83. The Labute approximate surface area is 177 Å². The summed E-state index contributed by atoms with van der Waals surface area (Å²) in [5.41, 5.74) is -1.07. The molecule has 0 spiro atoms. The number of carbonyl (C=O) groups excluding carboxylic acids is 2. The van der Waals surface area contributed by atoms with Crippen LogP contribution in [0.5, 0.6) is 0 Å². The first-order chi connectivity index (χ1) is 13.0. The molecule has 1 amide bonds. The second kappa shape index (κ2) is 8.93. The molecule has 1 saturated heterocycles. The zero-order valence-corrected chi connectivity index (χ0v) is 17.5. The van der Waals surface area contributed by atoms with Gasteiger partial charge in [-0.15, -0.1) is 0 Å². The van der Waals surface area contributed by atoms with Gasteiger partial charge in [-0.05, 0) is 32.1 Å². The third kappa shape index (κ3) is 4.94. The first kappa shape index (κ1) is 22.9. The zero-order chi connectivity index (χ0) is 21.1. The minimum atomic E-state index is -1.85. The molecule has 2 rings (SSSR count). The number of piperidine rings is 1. The van der Waals surface area contributed by atoms with Crippen LogP contribution >= 0.6 is 34.8 Å². The first-order valence-corrected chi connectivity index (χ1v) is 9.99. The van der Waals surface area contributed by atoms with E-state index in [1.165, 1.54) is 0 Å². The van der Waals surface area contributed by atoms with Crippen LogP contribution in [0.4, 0.5) is 4.79 Å². The third-order valence-corrected chi connectivity index (χ3v) is 5.66. The van der Waals surface area contributed by atoms with Gasteiger partial charge in [-0.1, -0.05) is 41.2 Å². The van der Waals surface area contributed by atoms with Crippen molar-refractivity contribution < 1.29 is 29.0 Å². The molecule has 0 bridgehead atoms. The smallest absolute Gasteiger partial charge is 0.410 e. The second-order valence-corrected chi connectivity index (χ2v) is 9.53. The summed E-state index contributed by atoms with van der Waals surface area (Å²) in [5, 5.41) is 19.5. The summed E-state index contributed by atoms with van der Waals surface area (Å²) in [6.07, 6.45) is 0.490. The van der Waals surface area contributed by atoms with Gasteiger partial charge in [0.2, 0.25) is 3.79 Å². The van der Waals surface area contributed by atoms with Gasteiger partial charge in [0.05, 0.1) is 24.0 Å².